The minimum Gasteiger partial charge on any atom is -0.518 e. The average Bonchev–Trinajstić information content (AvgIpc) is 2.26. The molecule has 0 aromatic carbocycles. The maximum Gasteiger partial charge on any atom is 2.00 e. The molecule has 3 heteroatoms. The normalized spacial score (nSPS) is 10.2. The van der Waals surface area contributed by atoms with Gasteiger partial charge in [0.2, 0.25) is 0 Å². The van der Waals surface area contributed by atoms with Crippen LogP contribution in [0.2, 0.25) is 0 Å². The average molecular weight is 440 g/mol. The molecule has 0 fully saturated rings. The number of hydrogen-bond acceptors (Lipinski definition) is 2. The standard InChI is InChI=1S/C12H19S2.C2H5.W/c1-5-7-8-9-10-12(3,4)14-11(13)6-2;1-2;/h1,5,9-10H,6-8H2,2-4H3;1H2,2H3;/q2*-1;+2. The number of allylic oxidation sites excluding steroid dienone is 2. The van der Waals surface area contributed by atoms with E-state index in [-0.39, 0.29) is 25.8 Å². The van der Waals surface area contributed by atoms with Gasteiger partial charge >= 0.3 is 21.1 Å². The number of thioether (sulfide) groups is 1. The van der Waals surface area contributed by atoms with Crippen molar-refractivity contribution in [2.45, 2.75) is 51.7 Å². The molecule has 0 rings (SSSR count). The van der Waals surface area contributed by atoms with Gasteiger partial charge in [-0.25, -0.2) is 0 Å². The Kier molecular flexibility index (Phi) is 19.6. The molecule has 0 spiro atoms. The quantitative estimate of drug-likeness (QED) is 0.235. The van der Waals surface area contributed by atoms with Gasteiger partial charge in [0.1, 0.15) is 0 Å². The number of rotatable bonds is 6. The van der Waals surface area contributed by atoms with Crippen LogP contribution >= 0.6 is 24.0 Å². The van der Waals surface area contributed by atoms with Crippen molar-refractivity contribution in [3.8, 4) is 0 Å². The topological polar surface area (TPSA) is 0 Å². The van der Waals surface area contributed by atoms with E-state index in [2.05, 4.69) is 39.8 Å². The van der Waals surface area contributed by atoms with Crippen LogP contribution in [0.3, 0.4) is 0 Å². The summed E-state index contributed by atoms with van der Waals surface area (Å²) in [6, 6.07) is 0. The molecule has 0 nitrogen and oxygen atoms in total. The Morgan fingerprint density at radius 2 is 1.88 bits per heavy atom. The first-order valence-corrected chi connectivity index (χ1v) is 6.88. The van der Waals surface area contributed by atoms with Crippen LogP contribution < -0.4 is 0 Å². The van der Waals surface area contributed by atoms with Crippen molar-refractivity contribution in [1.29, 1.82) is 0 Å². The van der Waals surface area contributed by atoms with Gasteiger partial charge in [-0.3, -0.25) is 6.08 Å². The van der Waals surface area contributed by atoms with E-state index in [9.17, 15) is 0 Å². The first kappa shape index (κ1) is 22.8. The van der Waals surface area contributed by atoms with Crippen molar-refractivity contribution in [2.75, 3.05) is 0 Å². The van der Waals surface area contributed by atoms with E-state index in [1.807, 2.05) is 0 Å². The molecule has 0 unspecified atom stereocenters. The molecule has 0 aliphatic heterocycles. The van der Waals surface area contributed by atoms with Crippen molar-refractivity contribution in [1.82, 2.24) is 0 Å². The molecule has 0 aliphatic rings. The summed E-state index contributed by atoms with van der Waals surface area (Å²) in [5.74, 6) is 0. The summed E-state index contributed by atoms with van der Waals surface area (Å²) in [7, 11) is 0. The summed E-state index contributed by atoms with van der Waals surface area (Å²) in [6.45, 7) is 16.8. The van der Waals surface area contributed by atoms with E-state index in [0.29, 0.717) is 0 Å². The van der Waals surface area contributed by atoms with Crippen molar-refractivity contribution < 1.29 is 21.1 Å². The predicted molar refractivity (Wildman–Crippen MR) is 82.8 cm³/mol. The second-order valence-electron chi connectivity index (χ2n) is 3.65. The van der Waals surface area contributed by atoms with Crippen molar-refractivity contribution in [3.05, 3.63) is 31.7 Å². The zero-order valence-corrected chi connectivity index (χ0v) is 15.9. The Labute approximate surface area is 132 Å². The summed E-state index contributed by atoms with van der Waals surface area (Å²) in [6.07, 6.45) is 9.00. The Hall–Kier alpha value is 0.608. The van der Waals surface area contributed by atoms with Crippen LogP contribution in [0.5, 0.6) is 0 Å². The van der Waals surface area contributed by atoms with Gasteiger partial charge in [-0.05, 0) is 26.7 Å². The molecule has 0 atom stereocenters. The summed E-state index contributed by atoms with van der Waals surface area (Å²) in [5, 5.41) is 0. The molecule has 0 saturated heterocycles. The van der Waals surface area contributed by atoms with Crippen LogP contribution in [0.25, 0.3) is 0 Å². The van der Waals surface area contributed by atoms with E-state index >= 15 is 0 Å². The smallest absolute Gasteiger partial charge is 0.518 e. The minimum absolute atomic E-state index is 0. The molecule has 17 heavy (non-hydrogen) atoms. The van der Waals surface area contributed by atoms with Crippen LogP contribution in [0, 0.1) is 13.5 Å². The fourth-order valence-corrected chi connectivity index (χ4v) is 2.50. The van der Waals surface area contributed by atoms with Gasteiger partial charge < -0.3 is 13.5 Å². The van der Waals surface area contributed by atoms with Crippen LogP contribution in [-0.2, 0) is 21.1 Å². The molecule has 0 radical (unpaired) electrons. The van der Waals surface area contributed by atoms with Crippen LogP contribution in [0.4, 0.5) is 0 Å². The second-order valence-corrected chi connectivity index (χ2v) is 6.15. The molecule has 0 aromatic heterocycles. The van der Waals surface area contributed by atoms with Gasteiger partial charge in [-0.15, -0.1) is 11.8 Å². The van der Waals surface area contributed by atoms with E-state index in [4.69, 9.17) is 18.8 Å². The molecular weight excluding hydrogens is 416 g/mol. The zero-order chi connectivity index (χ0) is 13.0. The molecule has 0 saturated carbocycles. The third-order valence-corrected chi connectivity index (χ3v) is 3.40. The van der Waals surface area contributed by atoms with Crippen molar-refractivity contribution in [2.24, 2.45) is 0 Å². The fraction of sp³-hybridized carbons (Fsp3) is 0.571. The number of unbranched alkanes of at least 4 members (excludes halogenated alkanes) is 1. The van der Waals surface area contributed by atoms with Gasteiger partial charge in [0, 0.05) is 8.94 Å². The van der Waals surface area contributed by atoms with Crippen LogP contribution in [0.1, 0.15) is 47.0 Å². The zero-order valence-electron chi connectivity index (χ0n) is 11.4. The Morgan fingerprint density at radius 3 is 2.29 bits per heavy atom. The first-order valence-electron chi connectivity index (χ1n) is 5.65. The van der Waals surface area contributed by atoms with E-state index in [1.165, 1.54) is 0 Å². The van der Waals surface area contributed by atoms with Gasteiger partial charge in [0.05, 0.1) is 0 Å². The molecule has 0 bridgehead atoms. The number of thiocarbonyl (C=S) groups is 1. The monoisotopic (exact) mass is 440 g/mol. The van der Waals surface area contributed by atoms with Crippen molar-refractivity contribution in [3.63, 3.8) is 0 Å². The predicted octanol–water partition coefficient (Wildman–Crippen LogP) is 5.40. The SMILES string of the molecule is [CH-]=CCCC=CC(C)(C)SC(=S)CC.[CH2-]C.[W+2]. The second kappa shape index (κ2) is 14.7. The molecule has 98 valence electrons. The Bertz CT molecular complexity index is 220. The third-order valence-electron chi connectivity index (χ3n) is 1.68. The molecule has 0 N–H and O–H groups in total. The number of hydrogen-bond donors (Lipinski definition) is 0. The van der Waals surface area contributed by atoms with Crippen LogP contribution in [-0.4, -0.2) is 8.94 Å². The van der Waals surface area contributed by atoms with Crippen LogP contribution in [0.15, 0.2) is 18.2 Å². The maximum atomic E-state index is 5.30. The van der Waals surface area contributed by atoms with Gasteiger partial charge in [0.15, 0.2) is 0 Å². The summed E-state index contributed by atoms with van der Waals surface area (Å²) < 4.78 is 1.19. The van der Waals surface area contributed by atoms with Crippen molar-refractivity contribution >= 4 is 28.2 Å². The van der Waals surface area contributed by atoms with Gasteiger partial charge in [-0.2, -0.15) is 6.92 Å². The molecular formula is C14H24S2W. The molecule has 0 aromatic rings. The summed E-state index contributed by atoms with van der Waals surface area (Å²) >= 11 is 6.97. The molecule has 0 aliphatic carbocycles. The first-order chi connectivity index (χ1) is 7.52. The van der Waals surface area contributed by atoms with Gasteiger partial charge in [0.25, 0.3) is 0 Å². The third kappa shape index (κ3) is 16.6. The fourth-order valence-electron chi connectivity index (χ4n) is 0.959. The largest absolute Gasteiger partial charge is 2.00 e. The van der Waals surface area contributed by atoms with E-state index < -0.39 is 0 Å². The van der Waals surface area contributed by atoms with E-state index in [0.717, 1.165) is 23.5 Å². The summed E-state index contributed by atoms with van der Waals surface area (Å²) in [5.41, 5.74) is 0. The summed E-state index contributed by atoms with van der Waals surface area (Å²) in [4.78, 5) is 0. The minimum atomic E-state index is 0. The maximum absolute atomic E-state index is 5.30. The Balaban J connectivity index is -0.000000616. The van der Waals surface area contributed by atoms with Gasteiger partial charge in [-0.1, -0.05) is 37.7 Å². The molecule has 0 amide bonds. The Morgan fingerprint density at radius 1 is 1.35 bits per heavy atom. The molecule has 0 heterocycles. The van der Waals surface area contributed by atoms with E-state index in [1.54, 1.807) is 24.8 Å².